The van der Waals surface area contributed by atoms with Crippen molar-refractivity contribution in [2.75, 3.05) is 5.32 Å². The van der Waals surface area contributed by atoms with Gasteiger partial charge in [-0.3, -0.25) is 0 Å². The van der Waals surface area contributed by atoms with Crippen LogP contribution < -0.4 is 10.5 Å². The third-order valence-electron chi connectivity index (χ3n) is 2.76. The molecule has 9 nitrogen and oxygen atoms in total. The average Bonchev–Trinajstić information content (AvgIpc) is 2.83. The van der Waals surface area contributed by atoms with E-state index in [1.54, 1.807) is 6.07 Å². The third-order valence-corrected chi connectivity index (χ3v) is 3.61. The summed E-state index contributed by atoms with van der Waals surface area (Å²) < 4.78 is 23.3. The number of carboxylic acids is 1. The Kier molecular flexibility index (Phi) is 4.17. The maximum Gasteiger partial charge on any atom is 0.354 e. The van der Waals surface area contributed by atoms with Crippen molar-refractivity contribution >= 4 is 22.0 Å². The van der Waals surface area contributed by atoms with Gasteiger partial charge in [-0.25, -0.2) is 18.9 Å². The minimum absolute atomic E-state index is 0.164. The van der Waals surface area contributed by atoms with Gasteiger partial charge in [-0.1, -0.05) is 0 Å². The molecule has 118 valence electrons. The Morgan fingerprint density at radius 3 is 2.55 bits per heavy atom. The zero-order valence-electron chi connectivity index (χ0n) is 11.5. The van der Waals surface area contributed by atoms with Gasteiger partial charge in [0.1, 0.15) is 12.0 Å². The number of aliphatic hydroxyl groups is 1. The van der Waals surface area contributed by atoms with Crippen molar-refractivity contribution in [2.24, 2.45) is 5.14 Å². The molecular formula is C12H14N4O5S. The molecule has 0 aliphatic rings. The molecule has 0 amide bonds. The number of pyridine rings is 1. The molecule has 0 saturated heterocycles. The second kappa shape index (κ2) is 5.75. The SMILES string of the molecule is CC(O)Nc1ccc(-c2ccn(S(N)(=O)=O)c2C(=O)O)cn1. The molecule has 0 aliphatic carbocycles. The van der Waals surface area contributed by atoms with Gasteiger partial charge in [-0.05, 0) is 25.1 Å². The summed E-state index contributed by atoms with van der Waals surface area (Å²) in [6.07, 6.45) is 1.63. The number of nitrogens with one attached hydrogen (secondary N) is 1. The molecule has 2 rings (SSSR count). The number of aromatic carboxylic acids is 1. The fraction of sp³-hybridized carbons (Fsp3) is 0.167. The first kappa shape index (κ1) is 15.9. The fourth-order valence-corrected chi connectivity index (χ4v) is 2.58. The Balaban J connectivity index is 2.49. The molecule has 0 spiro atoms. The highest BCUT2D eigenvalue weighted by Crippen LogP contribution is 2.26. The number of aromatic nitrogens is 2. The molecule has 5 N–H and O–H groups in total. The van der Waals surface area contributed by atoms with E-state index in [2.05, 4.69) is 10.3 Å². The van der Waals surface area contributed by atoms with Crippen LogP contribution in [0.15, 0.2) is 30.6 Å². The standard InChI is InChI=1S/C12H14N4O5S/c1-7(17)15-10-3-2-8(6-14-10)9-4-5-16(22(13,20)21)11(9)12(18)19/h2-7,17H,1H3,(H,14,15)(H,18,19)(H2,13,20,21). The minimum atomic E-state index is -4.22. The second-order valence-corrected chi connectivity index (χ2v) is 5.90. The Labute approximate surface area is 126 Å². The highest BCUT2D eigenvalue weighted by molar-refractivity contribution is 7.87. The van der Waals surface area contributed by atoms with Crippen molar-refractivity contribution in [2.45, 2.75) is 13.2 Å². The largest absolute Gasteiger partial charge is 0.477 e. The van der Waals surface area contributed by atoms with Crippen LogP contribution in [0.25, 0.3) is 11.1 Å². The van der Waals surface area contributed by atoms with Gasteiger partial charge < -0.3 is 15.5 Å². The fourth-order valence-electron chi connectivity index (χ4n) is 1.92. The molecule has 1 unspecified atom stereocenters. The van der Waals surface area contributed by atoms with Crippen LogP contribution >= 0.6 is 0 Å². The summed E-state index contributed by atoms with van der Waals surface area (Å²) >= 11 is 0. The van der Waals surface area contributed by atoms with Crippen LogP contribution in [0, 0.1) is 0 Å². The number of aliphatic hydroxyl groups excluding tert-OH is 1. The summed E-state index contributed by atoms with van der Waals surface area (Å²) in [5, 5.41) is 26.1. The van der Waals surface area contributed by atoms with Gasteiger partial charge in [0.2, 0.25) is 0 Å². The number of hydrogen-bond acceptors (Lipinski definition) is 6. The van der Waals surface area contributed by atoms with Crippen LogP contribution in [0.4, 0.5) is 5.82 Å². The zero-order valence-corrected chi connectivity index (χ0v) is 12.3. The van der Waals surface area contributed by atoms with E-state index in [1.807, 2.05) is 0 Å². The van der Waals surface area contributed by atoms with E-state index < -0.39 is 28.1 Å². The van der Waals surface area contributed by atoms with E-state index >= 15 is 0 Å². The van der Waals surface area contributed by atoms with Gasteiger partial charge in [0.05, 0.1) is 0 Å². The highest BCUT2D eigenvalue weighted by atomic mass is 32.2. The van der Waals surface area contributed by atoms with E-state index in [0.29, 0.717) is 15.4 Å². The van der Waals surface area contributed by atoms with E-state index in [0.717, 1.165) is 6.20 Å². The number of rotatable bonds is 5. The highest BCUT2D eigenvalue weighted by Gasteiger charge is 2.22. The minimum Gasteiger partial charge on any atom is -0.477 e. The topological polar surface area (TPSA) is 148 Å². The lowest BCUT2D eigenvalue weighted by molar-refractivity contribution is 0.0690. The number of nitrogens with zero attached hydrogens (tertiary/aromatic N) is 2. The normalized spacial score (nSPS) is 12.9. The molecule has 0 aliphatic heterocycles. The molecule has 0 aromatic carbocycles. The van der Waals surface area contributed by atoms with Gasteiger partial charge >= 0.3 is 16.2 Å². The predicted molar refractivity (Wildman–Crippen MR) is 78.4 cm³/mol. The molecule has 1 atom stereocenters. The Morgan fingerprint density at radius 2 is 2.09 bits per heavy atom. The van der Waals surface area contributed by atoms with Crippen LogP contribution in [-0.2, 0) is 10.2 Å². The first-order chi connectivity index (χ1) is 10.2. The summed E-state index contributed by atoms with van der Waals surface area (Å²) in [4.78, 5) is 15.3. The molecule has 2 aromatic heterocycles. The van der Waals surface area contributed by atoms with E-state index in [1.165, 1.54) is 25.3 Å². The monoisotopic (exact) mass is 326 g/mol. The summed E-state index contributed by atoms with van der Waals surface area (Å²) in [6.45, 7) is 1.52. The summed E-state index contributed by atoms with van der Waals surface area (Å²) in [7, 11) is -4.22. The summed E-state index contributed by atoms with van der Waals surface area (Å²) in [6, 6.07) is 4.40. The molecule has 0 bridgehead atoms. The molecule has 0 fully saturated rings. The lowest BCUT2D eigenvalue weighted by Gasteiger charge is -2.09. The van der Waals surface area contributed by atoms with Gasteiger partial charge in [0.25, 0.3) is 0 Å². The molecule has 22 heavy (non-hydrogen) atoms. The number of anilines is 1. The molecule has 10 heteroatoms. The predicted octanol–water partition coefficient (Wildman–Crippen LogP) is 0.0501. The first-order valence-corrected chi connectivity index (χ1v) is 7.59. The van der Waals surface area contributed by atoms with E-state index in [-0.39, 0.29) is 5.56 Å². The first-order valence-electron chi connectivity index (χ1n) is 6.09. The maximum absolute atomic E-state index is 11.4. The Morgan fingerprint density at radius 1 is 1.41 bits per heavy atom. The van der Waals surface area contributed by atoms with Crippen molar-refractivity contribution in [3.63, 3.8) is 0 Å². The lowest BCUT2D eigenvalue weighted by atomic mass is 10.1. The zero-order chi connectivity index (χ0) is 16.5. The van der Waals surface area contributed by atoms with Crippen LogP contribution in [0.1, 0.15) is 17.4 Å². The average molecular weight is 326 g/mol. The van der Waals surface area contributed by atoms with Crippen molar-refractivity contribution < 1.29 is 23.4 Å². The van der Waals surface area contributed by atoms with E-state index in [9.17, 15) is 23.4 Å². The van der Waals surface area contributed by atoms with Crippen LogP contribution in [0.2, 0.25) is 0 Å². The van der Waals surface area contributed by atoms with Crippen molar-refractivity contribution in [1.82, 2.24) is 8.96 Å². The molecule has 0 radical (unpaired) electrons. The number of carboxylic acid groups (broad SMARTS) is 1. The smallest absolute Gasteiger partial charge is 0.354 e. The van der Waals surface area contributed by atoms with Gasteiger partial charge in [-0.2, -0.15) is 8.42 Å². The second-order valence-electron chi connectivity index (χ2n) is 4.48. The van der Waals surface area contributed by atoms with Crippen LogP contribution in [-0.4, -0.2) is 39.8 Å². The Bertz CT molecular complexity index is 795. The van der Waals surface area contributed by atoms with Crippen molar-refractivity contribution in [1.29, 1.82) is 0 Å². The summed E-state index contributed by atoms with van der Waals surface area (Å²) in [5.74, 6) is -1.04. The van der Waals surface area contributed by atoms with Crippen molar-refractivity contribution in [3.05, 3.63) is 36.3 Å². The molecule has 2 aromatic rings. The number of hydrogen-bond donors (Lipinski definition) is 4. The van der Waals surface area contributed by atoms with Crippen LogP contribution in [0.3, 0.4) is 0 Å². The molecule has 2 heterocycles. The van der Waals surface area contributed by atoms with Crippen LogP contribution in [0.5, 0.6) is 0 Å². The molecule has 0 saturated carbocycles. The third kappa shape index (κ3) is 3.24. The lowest BCUT2D eigenvalue weighted by Crippen LogP contribution is -2.24. The van der Waals surface area contributed by atoms with E-state index in [4.69, 9.17) is 5.14 Å². The number of nitrogens with two attached hydrogens (primary N) is 1. The molecular weight excluding hydrogens is 312 g/mol. The quantitative estimate of drug-likeness (QED) is 0.567. The van der Waals surface area contributed by atoms with Gasteiger partial charge in [0, 0.05) is 23.5 Å². The maximum atomic E-state index is 11.4. The van der Waals surface area contributed by atoms with Crippen molar-refractivity contribution in [3.8, 4) is 11.1 Å². The summed E-state index contributed by atoms with van der Waals surface area (Å²) in [5.41, 5.74) is 0.0918. The Hall–Kier alpha value is -2.43. The van der Waals surface area contributed by atoms with Gasteiger partial charge in [0.15, 0.2) is 5.69 Å². The number of carbonyl (C=O) groups is 1. The van der Waals surface area contributed by atoms with Gasteiger partial charge in [-0.15, -0.1) is 0 Å².